The van der Waals surface area contributed by atoms with Gasteiger partial charge in [0.15, 0.2) is 0 Å². The topological polar surface area (TPSA) is 0 Å². The zero-order valence-corrected chi connectivity index (χ0v) is 21.8. The van der Waals surface area contributed by atoms with Gasteiger partial charge in [0.1, 0.15) is 0 Å². The summed E-state index contributed by atoms with van der Waals surface area (Å²) in [7, 11) is 0. The second-order valence-corrected chi connectivity index (χ2v) is 10.9. The highest BCUT2D eigenvalue weighted by Gasteiger charge is 2.17. The first-order valence-corrected chi connectivity index (χ1v) is 12.5. The Labute approximate surface area is 186 Å². The first kappa shape index (κ1) is 30.4. The predicted molar refractivity (Wildman–Crippen MR) is 138 cm³/mol. The average Bonchev–Trinajstić information content (AvgIpc) is 2.62. The highest BCUT2D eigenvalue weighted by atomic mass is 14.2. The fourth-order valence-corrected chi connectivity index (χ4v) is 2.61. The Morgan fingerprint density at radius 3 is 1.66 bits per heavy atom. The minimum Gasteiger partial charge on any atom is -0.0885 e. The van der Waals surface area contributed by atoms with E-state index >= 15 is 0 Å². The molecule has 0 nitrogen and oxygen atoms in total. The number of hydrogen-bond donors (Lipinski definition) is 0. The molecule has 0 saturated carbocycles. The van der Waals surface area contributed by atoms with Crippen LogP contribution < -0.4 is 0 Å². The zero-order chi connectivity index (χ0) is 22.6. The molecule has 0 rings (SSSR count). The van der Waals surface area contributed by atoms with Crippen molar-refractivity contribution in [3.63, 3.8) is 0 Å². The minimum absolute atomic E-state index is 0.439. The van der Waals surface area contributed by atoms with Gasteiger partial charge in [0.05, 0.1) is 0 Å². The Hall–Kier alpha value is -0.780. The van der Waals surface area contributed by atoms with Gasteiger partial charge in [-0.1, -0.05) is 124 Å². The quantitative estimate of drug-likeness (QED) is 0.211. The molecule has 0 aliphatic rings. The maximum Gasteiger partial charge on any atom is -0.0302 e. The first-order valence-electron chi connectivity index (χ1n) is 12.5. The highest BCUT2D eigenvalue weighted by molar-refractivity contribution is 4.90. The molecule has 0 aliphatic carbocycles. The standard InChI is InChI=1S/C15H30.C14H26/c1-6-7-8-9-10-11-12-13-14(2)15(3,4)5;1-5-6-7-8-9-10-11-12-13-14(2,3)4/h11-12,14H,6-10,13H2,1-5H3;7-8,11-12H,5-6,9-10,13H2,1-4H3/b12-11+;8-7+,12-11+. The van der Waals surface area contributed by atoms with Crippen LogP contribution in [0.4, 0.5) is 0 Å². The summed E-state index contributed by atoms with van der Waals surface area (Å²) in [5.41, 5.74) is 0.890. The molecule has 0 aromatic heterocycles. The largest absolute Gasteiger partial charge is 0.0885 e. The van der Waals surface area contributed by atoms with E-state index in [9.17, 15) is 0 Å². The number of allylic oxidation sites excluding steroid dienone is 6. The summed E-state index contributed by atoms with van der Waals surface area (Å²) in [6.45, 7) is 20.6. The first-order chi connectivity index (χ1) is 13.5. The lowest BCUT2D eigenvalue weighted by Gasteiger charge is -2.25. The Morgan fingerprint density at radius 1 is 0.586 bits per heavy atom. The van der Waals surface area contributed by atoms with Crippen molar-refractivity contribution in [3.05, 3.63) is 36.5 Å². The van der Waals surface area contributed by atoms with Crippen LogP contribution in [0.5, 0.6) is 0 Å². The van der Waals surface area contributed by atoms with Crippen LogP contribution in [-0.2, 0) is 0 Å². The van der Waals surface area contributed by atoms with E-state index in [-0.39, 0.29) is 0 Å². The highest BCUT2D eigenvalue weighted by Crippen LogP contribution is 2.28. The van der Waals surface area contributed by atoms with Gasteiger partial charge in [0.25, 0.3) is 0 Å². The maximum atomic E-state index is 2.38. The maximum absolute atomic E-state index is 2.38. The van der Waals surface area contributed by atoms with Gasteiger partial charge in [-0.2, -0.15) is 0 Å². The van der Waals surface area contributed by atoms with Gasteiger partial charge >= 0.3 is 0 Å². The third-order valence-electron chi connectivity index (χ3n) is 5.38. The SMILES string of the molecule is CCC/C=C/CC/C=C/CC(C)(C)C.CCCCCC/C=C/CC(C)C(C)(C)C. The zero-order valence-electron chi connectivity index (χ0n) is 21.8. The van der Waals surface area contributed by atoms with E-state index < -0.39 is 0 Å². The lowest BCUT2D eigenvalue weighted by molar-refractivity contribution is 0.264. The van der Waals surface area contributed by atoms with Crippen LogP contribution >= 0.6 is 0 Å². The van der Waals surface area contributed by atoms with Crippen molar-refractivity contribution in [2.45, 2.75) is 133 Å². The molecule has 0 radical (unpaired) electrons. The Kier molecular flexibility index (Phi) is 20.1. The molecule has 0 spiro atoms. The van der Waals surface area contributed by atoms with Crippen molar-refractivity contribution in [3.8, 4) is 0 Å². The number of rotatable bonds is 13. The molecule has 0 aromatic carbocycles. The van der Waals surface area contributed by atoms with Gasteiger partial charge < -0.3 is 0 Å². The average molecular weight is 405 g/mol. The van der Waals surface area contributed by atoms with Crippen LogP contribution in [0.2, 0.25) is 0 Å². The lowest BCUT2D eigenvalue weighted by Crippen LogP contribution is -2.16. The molecule has 0 bridgehead atoms. The summed E-state index contributed by atoms with van der Waals surface area (Å²) < 4.78 is 0. The van der Waals surface area contributed by atoms with E-state index in [4.69, 9.17) is 0 Å². The van der Waals surface area contributed by atoms with E-state index in [0.717, 1.165) is 5.92 Å². The Bertz CT molecular complexity index is 408. The third-order valence-corrected chi connectivity index (χ3v) is 5.38. The lowest BCUT2D eigenvalue weighted by atomic mass is 9.80. The monoisotopic (exact) mass is 404 g/mol. The number of unbranched alkanes of at least 4 members (excludes halogenated alkanes) is 6. The van der Waals surface area contributed by atoms with Crippen molar-refractivity contribution in [1.82, 2.24) is 0 Å². The summed E-state index contributed by atoms with van der Waals surface area (Å²) in [6.07, 6.45) is 28.0. The van der Waals surface area contributed by atoms with Crippen LogP contribution in [0.25, 0.3) is 0 Å². The molecule has 0 aliphatic heterocycles. The molecule has 29 heavy (non-hydrogen) atoms. The molecule has 0 aromatic rings. The van der Waals surface area contributed by atoms with Crippen LogP contribution in [0.1, 0.15) is 133 Å². The summed E-state index contributed by atoms with van der Waals surface area (Å²) in [6, 6.07) is 0. The summed E-state index contributed by atoms with van der Waals surface area (Å²) >= 11 is 0. The van der Waals surface area contributed by atoms with Gasteiger partial charge in [0.2, 0.25) is 0 Å². The van der Waals surface area contributed by atoms with E-state index in [1.165, 1.54) is 70.6 Å². The fourth-order valence-electron chi connectivity index (χ4n) is 2.61. The summed E-state index contributed by atoms with van der Waals surface area (Å²) in [5, 5.41) is 0. The Balaban J connectivity index is 0. The van der Waals surface area contributed by atoms with Crippen molar-refractivity contribution in [2.24, 2.45) is 16.7 Å². The fraction of sp³-hybridized carbons (Fsp3) is 0.793. The molecule has 0 fully saturated rings. The van der Waals surface area contributed by atoms with Crippen LogP contribution in [-0.4, -0.2) is 0 Å². The van der Waals surface area contributed by atoms with Gasteiger partial charge in [-0.3, -0.25) is 0 Å². The molecule has 0 heteroatoms. The second-order valence-electron chi connectivity index (χ2n) is 10.9. The van der Waals surface area contributed by atoms with E-state index in [0.29, 0.717) is 10.8 Å². The predicted octanol–water partition coefficient (Wildman–Crippen LogP) is 10.7. The van der Waals surface area contributed by atoms with Crippen molar-refractivity contribution in [2.75, 3.05) is 0 Å². The summed E-state index contributed by atoms with van der Waals surface area (Å²) in [5.74, 6) is 0.782. The molecule has 1 unspecified atom stereocenters. The normalized spacial score (nSPS) is 14.0. The van der Waals surface area contributed by atoms with Gasteiger partial charge in [-0.15, -0.1) is 0 Å². The van der Waals surface area contributed by atoms with Crippen LogP contribution in [0.15, 0.2) is 36.5 Å². The molecule has 0 N–H and O–H groups in total. The molecular formula is C29H56. The molecule has 0 heterocycles. The van der Waals surface area contributed by atoms with E-state index in [2.05, 4.69) is 98.8 Å². The third kappa shape index (κ3) is 27.2. The van der Waals surface area contributed by atoms with Crippen molar-refractivity contribution in [1.29, 1.82) is 0 Å². The van der Waals surface area contributed by atoms with Gasteiger partial charge in [0, 0.05) is 0 Å². The van der Waals surface area contributed by atoms with Gasteiger partial charge in [-0.05, 0) is 61.7 Å². The second kappa shape index (κ2) is 19.2. The van der Waals surface area contributed by atoms with Crippen molar-refractivity contribution >= 4 is 0 Å². The molecule has 0 saturated heterocycles. The van der Waals surface area contributed by atoms with Crippen molar-refractivity contribution < 1.29 is 0 Å². The summed E-state index contributed by atoms with van der Waals surface area (Å²) in [4.78, 5) is 0. The molecule has 1 atom stereocenters. The van der Waals surface area contributed by atoms with Crippen LogP contribution in [0, 0.1) is 16.7 Å². The molecule has 0 amide bonds. The minimum atomic E-state index is 0.439. The van der Waals surface area contributed by atoms with Crippen LogP contribution in [0.3, 0.4) is 0 Å². The van der Waals surface area contributed by atoms with E-state index in [1.807, 2.05) is 0 Å². The van der Waals surface area contributed by atoms with E-state index in [1.54, 1.807) is 0 Å². The van der Waals surface area contributed by atoms with Gasteiger partial charge in [-0.25, -0.2) is 0 Å². The smallest absolute Gasteiger partial charge is 0.0302 e. The Morgan fingerprint density at radius 2 is 1.14 bits per heavy atom. The molecule has 172 valence electrons. The number of hydrogen-bond acceptors (Lipinski definition) is 0. The molecular weight excluding hydrogens is 348 g/mol.